The standard InChI is InChI=1S/C19H25N5.2ClH/c1-23-11-15-4-3-14(9-16(15)12-23)10-24(2)19-17-5-7-20-8-6-18(17)21-13-22-19;;/h3-4,9,13,20H,5-8,10-12H2,1-2H3;2*1H. The molecule has 0 amide bonds. The molecule has 1 N–H and O–H groups in total. The van der Waals surface area contributed by atoms with Crippen LogP contribution in [-0.4, -0.2) is 42.1 Å². The van der Waals surface area contributed by atoms with E-state index in [4.69, 9.17) is 0 Å². The van der Waals surface area contributed by atoms with Gasteiger partial charge in [-0.25, -0.2) is 9.97 Å². The van der Waals surface area contributed by atoms with Crippen LogP contribution in [-0.2, 0) is 32.5 Å². The monoisotopic (exact) mass is 395 g/mol. The summed E-state index contributed by atoms with van der Waals surface area (Å²) in [6.45, 7) is 5.02. The van der Waals surface area contributed by atoms with E-state index in [-0.39, 0.29) is 24.8 Å². The Kier molecular flexibility index (Phi) is 7.24. The zero-order valence-corrected chi connectivity index (χ0v) is 17.0. The molecule has 5 nitrogen and oxygen atoms in total. The van der Waals surface area contributed by atoms with Crippen molar-refractivity contribution in [2.24, 2.45) is 0 Å². The first-order valence-electron chi connectivity index (χ1n) is 8.74. The summed E-state index contributed by atoms with van der Waals surface area (Å²) in [6.07, 6.45) is 3.71. The SMILES string of the molecule is CN1Cc2ccc(CN(C)c3ncnc4c3CCNCC4)cc2C1.Cl.Cl. The van der Waals surface area contributed by atoms with Gasteiger partial charge in [0, 0.05) is 45.2 Å². The molecule has 0 spiro atoms. The number of fused-ring (bicyclic) bond motifs is 2. The smallest absolute Gasteiger partial charge is 0.135 e. The van der Waals surface area contributed by atoms with Crippen molar-refractivity contribution in [2.45, 2.75) is 32.5 Å². The second-order valence-electron chi connectivity index (χ2n) is 7.00. The molecule has 0 saturated carbocycles. The molecule has 0 radical (unpaired) electrons. The molecule has 0 saturated heterocycles. The second-order valence-corrected chi connectivity index (χ2v) is 7.00. The highest BCUT2D eigenvalue weighted by molar-refractivity contribution is 5.85. The lowest BCUT2D eigenvalue weighted by Crippen LogP contribution is -2.21. The maximum absolute atomic E-state index is 4.59. The molecule has 0 fully saturated rings. The van der Waals surface area contributed by atoms with Gasteiger partial charge in [0.25, 0.3) is 0 Å². The van der Waals surface area contributed by atoms with E-state index in [9.17, 15) is 0 Å². The molecular formula is C19H27Cl2N5. The van der Waals surface area contributed by atoms with Crippen molar-refractivity contribution in [3.63, 3.8) is 0 Å². The lowest BCUT2D eigenvalue weighted by Gasteiger charge is -2.22. The summed E-state index contributed by atoms with van der Waals surface area (Å²) >= 11 is 0. The van der Waals surface area contributed by atoms with Gasteiger partial charge in [0.1, 0.15) is 12.1 Å². The van der Waals surface area contributed by atoms with Gasteiger partial charge in [-0.1, -0.05) is 18.2 Å². The second kappa shape index (κ2) is 9.00. The van der Waals surface area contributed by atoms with Crippen LogP contribution in [0.1, 0.15) is 27.9 Å². The van der Waals surface area contributed by atoms with Crippen LogP contribution >= 0.6 is 24.8 Å². The number of hydrogen-bond acceptors (Lipinski definition) is 5. The minimum absolute atomic E-state index is 0. The average Bonchev–Trinajstić information content (AvgIpc) is 2.78. The van der Waals surface area contributed by atoms with Gasteiger partial charge in [0.15, 0.2) is 0 Å². The molecule has 1 aromatic heterocycles. The molecule has 2 aliphatic rings. The van der Waals surface area contributed by atoms with E-state index in [1.54, 1.807) is 6.33 Å². The molecule has 2 aromatic rings. The van der Waals surface area contributed by atoms with Crippen molar-refractivity contribution < 1.29 is 0 Å². The molecule has 4 rings (SSSR count). The van der Waals surface area contributed by atoms with E-state index < -0.39 is 0 Å². The first-order chi connectivity index (χ1) is 11.7. The summed E-state index contributed by atoms with van der Waals surface area (Å²) in [4.78, 5) is 13.7. The van der Waals surface area contributed by atoms with Crippen molar-refractivity contribution in [1.29, 1.82) is 0 Å². The Bertz CT molecular complexity index is 753. The highest BCUT2D eigenvalue weighted by atomic mass is 35.5. The average molecular weight is 396 g/mol. The molecule has 0 aliphatic carbocycles. The third-order valence-electron chi connectivity index (χ3n) is 5.03. The Hall–Kier alpha value is -1.40. The molecule has 26 heavy (non-hydrogen) atoms. The van der Waals surface area contributed by atoms with Crippen LogP contribution in [0.15, 0.2) is 24.5 Å². The highest BCUT2D eigenvalue weighted by Crippen LogP contribution is 2.25. The van der Waals surface area contributed by atoms with Crippen molar-refractivity contribution in [2.75, 3.05) is 32.1 Å². The molecule has 0 bridgehead atoms. The quantitative estimate of drug-likeness (QED) is 0.864. The van der Waals surface area contributed by atoms with Crippen LogP contribution in [0.4, 0.5) is 5.82 Å². The largest absolute Gasteiger partial charge is 0.355 e. The predicted molar refractivity (Wildman–Crippen MR) is 111 cm³/mol. The summed E-state index contributed by atoms with van der Waals surface area (Å²) in [6, 6.07) is 6.90. The topological polar surface area (TPSA) is 44.3 Å². The van der Waals surface area contributed by atoms with Crippen LogP contribution < -0.4 is 10.2 Å². The van der Waals surface area contributed by atoms with Gasteiger partial charge in [-0.05, 0) is 36.7 Å². The number of nitrogens with one attached hydrogen (secondary N) is 1. The molecule has 2 aliphatic heterocycles. The minimum Gasteiger partial charge on any atom is -0.355 e. The molecule has 142 valence electrons. The van der Waals surface area contributed by atoms with Gasteiger partial charge in [-0.2, -0.15) is 0 Å². The van der Waals surface area contributed by atoms with E-state index >= 15 is 0 Å². The molecule has 0 atom stereocenters. The zero-order valence-electron chi connectivity index (χ0n) is 15.4. The summed E-state index contributed by atoms with van der Waals surface area (Å²) in [5, 5.41) is 3.45. The van der Waals surface area contributed by atoms with Gasteiger partial charge in [0.05, 0.1) is 5.69 Å². The van der Waals surface area contributed by atoms with E-state index in [2.05, 4.69) is 57.4 Å². The van der Waals surface area contributed by atoms with Crippen molar-refractivity contribution >= 4 is 30.6 Å². The zero-order chi connectivity index (χ0) is 16.5. The lowest BCUT2D eigenvalue weighted by atomic mass is 10.1. The highest BCUT2D eigenvalue weighted by Gasteiger charge is 2.19. The predicted octanol–water partition coefficient (Wildman–Crippen LogP) is 2.59. The number of nitrogens with zero attached hydrogens (tertiary/aromatic N) is 4. The fraction of sp³-hybridized carbons (Fsp3) is 0.474. The van der Waals surface area contributed by atoms with Crippen molar-refractivity contribution in [3.05, 3.63) is 52.5 Å². The van der Waals surface area contributed by atoms with Crippen LogP contribution in [0.2, 0.25) is 0 Å². The van der Waals surface area contributed by atoms with E-state index in [1.807, 2.05) is 0 Å². The summed E-state index contributed by atoms with van der Waals surface area (Å²) in [5.41, 5.74) is 6.80. The summed E-state index contributed by atoms with van der Waals surface area (Å²) < 4.78 is 0. The first kappa shape index (κ1) is 20.9. The Balaban J connectivity index is 0.00000121. The lowest BCUT2D eigenvalue weighted by molar-refractivity contribution is 0.353. The third-order valence-corrected chi connectivity index (χ3v) is 5.03. The van der Waals surface area contributed by atoms with Gasteiger partial charge < -0.3 is 10.2 Å². The van der Waals surface area contributed by atoms with Crippen LogP contribution in [0.25, 0.3) is 0 Å². The van der Waals surface area contributed by atoms with Crippen LogP contribution in [0, 0.1) is 0 Å². The maximum Gasteiger partial charge on any atom is 0.135 e. The first-order valence-corrected chi connectivity index (χ1v) is 8.74. The van der Waals surface area contributed by atoms with E-state index in [0.29, 0.717) is 0 Å². The third kappa shape index (κ3) is 4.29. The molecule has 3 heterocycles. The minimum atomic E-state index is 0. The van der Waals surface area contributed by atoms with Gasteiger partial charge in [-0.15, -0.1) is 24.8 Å². The molecule has 0 unspecified atom stereocenters. The van der Waals surface area contributed by atoms with Crippen LogP contribution in [0.5, 0.6) is 0 Å². The number of benzene rings is 1. The summed E-state index contributed by atoms with van der Waals surface area (Å²) in [7, 11) is 4.32. The van der Waals surface area contributed by atoms with E-state index in [1.165, 1.54) is 27.9 Å². The van der Waals surface area contributed by atoms with Gasteiger partial charge in [0.2, 0.25) is 0 Å². The molecule has 7 heteroatoms. The van der Waals surface area contributed by atoms with Crippen LogP contribution in [0.3, 0.4) is 0 Å². The van der Waals surface area contributed by atoms with E-state index in [0.717, 1.165) is 51.4 Å². The van der Waals surface area contributed by atoms with Crippen molar-refractivity contribution in [1.82, 2.24) is 20.2 Å². The Labute approximate surface area is 168 Å². The molecular weight excluding hydrogens is 369 g/mol. The summed E-state index contributed by atoms with van der Waals surface area (Å²) in [5.74, 6) is 1.08. The van der Waals surface area contributed by atoms with Crippen molar-refractivity contribution in [3.8, 4) is 0 Å². The van der Waals surface area contributed by atoms with Gasteiger partial charge in [-0.3, -0.25) is 4.90 Å². The fourth-order valence-corrected chi connectivity index (χ4v) is 3.85. The Morgan fingerprint density at radius 2 is 1.85 bits per heavy atom. The number of hydrogen-bond donors (Lipinski definition) is 1. The number of rotatable bonds is 3. The Morgan fingerprint density at radius 1 is 1.08 bits per heavy atom. The normalized spacial score (nSPS) is 15.9. The maximum atomic E-state index is 4.59. The number of aromatic nitrogens is 2. The van der Waals surface area contributed by atoms with Gasteiger partial charge >= 0.3 is 0 Å². The number of anilines is 1. The molecule has 1 aromatic carbocycles. The Morgan fingerprint density at radius 3 is 2.69 bits per heavy atom. The number of halogens is 2. The fourth-order valence-electron chi connectivity index (χ4n) is 3.85.